The van der Waals surface area contributed by atoms with Gasteiger partial charge < -0.3 is 10.4 Å². The molecule has 2 rings (SSSR count). The van der Waals surface area contributed by atoms with Crippen LogP contribution in [-0.4, -0.2) is 33.7 Å². The Morgan fingerprint density at radius 1 is 1.32 bits per heavy atom. The van der Waals surface area contributed by atoms with Crippen molar-refractivity contribution < 1.29 is 9.90 Å². The van der Waals surface area contributed by atoms with E-state index >= 15 is 0 Å². The Morgan fingerprint density at radius 2 is 2.09 bits per heavy atom. The van der Waals surface area contributed by atoms with Gasteiger partial charge in [-0.2, -0.15) is 0 Å². The lowest BCUT2D eigenvalue weighted by Crippen LogP contribution is -2.31. The summed E-state index contributed by atoms with van der Waals surface area (Å²) in [5, 5.41) is 12.0. The van der Waals surface area contributed by atoms with E-state index in [2.05, 4.69) is 17.2 Å². The van der Waals surface area contributed by atoms with E-state index in [1.165, 1.54) is 0 Å². The lowest BCUT2D eigenvalue weighted by molar-refractivity contribution is 0.0936. The number of imidazole rings is 1. The highest BCUT2D eigenvalue weighted by Gasteiger charge is 2.15. The molecule has 0 aliphatic carbocycles. The smallest absolute Gasteiger partial charge is 0.269 e. The van der Waals surface area contributed by atoms with E-state index in [1.807, 2.05) is 30.3 Å². The molecular weight excluding hydrogens is 278 g/mol. The zero-order chi connectivity index (χ0) is 15.8. The predicted molar refractivity (Wildman–Crippen MR) is 86.0 cm³/mol. The molecule has 0 saturated heterocycles. The molecule has 5 heteroatoms. The Labute approximate surface area is 131 Å². The maximum absolute atomic E-state index is 12.4. The first-order valence-corrected chi connectivity index (χ1v) is 7.73. The van der Waals surface area contributed by atoms with Gasteiger partial charge in [-0.05, 0) is 30.9 Å². The quantitative estimate of drug-likeness (QED) is 0.787. The van der Waals surface area contributed by atoms with Crippen LogP contribution in [0.3, 0.4) is 0 Å². The van der Waals surface area contributed by atoms with E-state index < -0.39 is 0 Å². The molecule has 0 aliphatic rings. The zero-order valence-corrected chi connectivity index (χ0v) is 12.9. The Morgan fingerprint density at radius 3 is 2.77 bits per heavy atom. The van der Waals surface area contributed by atoms with Crippen molar-refractivity contribution in [3.8, 4) is 5.69 Å². The average molecular weight is 301 g/mol. The highest BCUT2D eigenvalue weighted by Crippen LogP contribution is 2.12. The van der Waals surface area contributed by atoms with Gasteiger partial charge in [-0.25, -0.2) is 4.98 Å². The molecule has 2 aromatic rings. The molecule has 0 radical (unpaired) electrons. The molecule has 22 heavy (non-hydrogen) atoms. The summed E-state index contributed by atoms with van der Waals surface area (Å²) in [5.41, 5.74) is 1.43. The lowest BCUT2D eigenvalue weighted by atomic mass is 10.0. The van der Waals surface area contributed by atoms with E-state index in [9.17, 15) is 4.79 Å². The van der Waals surface area contributed by atoms with Gasteiger partial charge in [-0.15, -0.1) is 0 Å². The summed E-state index contributed by atoms with van der Waals surface area (Å²) in [5.74, 6) is 0.174. The summed E-state index contributed by atoms with van der Waals surface area (Å²) in [7, 11) is 0. The summed E-state index contributed by atoms with van der Waals surface area (Å²) in [4.78, 5) is 16.5. The van der Waals surface area contributed by atoms with Gasteiger partial charge in [0, 0.05) is 18.8 Å². The molecule has 1 aromatic heterocycles. The molecule has 5 nitrogen and oxygen atoms in total. The maximum atomic E-state index is 12.4. The van der Waals surface area contributed by atoms with Crippen LogP contribution in [0, 0.1) is 5.92 Å². The molecule has 1 amide bonds. The second-order valence-electron chi connectivity index (χ2n) is 5.36. The van der Waals surface area contributed by atoms with Gasteiger partial charge in [-0.3, -0.25) is 9.36 Å². The minimum Gasteiger partial charge on any atom is -0.396 e. The van der Waals surface area contributed by atoms with E-state index in [-0.39, 0.29) is 12.5 Å². The Hall–Kier alpha value is -2.14. The van der Waals surface area contributed by atoms with Crippen LogP contribution >= 0.6 is 0 Å². The highest BCUT2D eigenvalue weighted by atomic mass is 16.3. The summed E-state index contributed by atoms with van der Waals surface area (Å²) in [6.45, 7) is 2.84. The highest BCUT2D eigenvalue weighted by molar-refractivity contribution is 5.93. The summed E-state index contributed by atoms with van der Waals surface area (Å²) in [6, 6.07) is 9.66. The SMILES string of the molecule is CCCC(CCO)CNC(=O)c1cncn1-c1ccccc1. The average Bonchev–Trinajstić information content (AvgIpc) is 3.03. The maximum Gasteiger partial charge on any atom is 0.269 e. The molecule has 0 bridgehead atoms. The molecule has 0 aliphatic heterocycles. The number of benzene rings is 1. The number of nitrogens with one attached hydrogen (secondary N) is 1. The van der Waals surface area contributed by atoms with Crippen LogP contribution in [0.4, 0.5) is 0 Å². The fourth-order valence-electron chi connectivity index (χ4n) is 2.52. The number of nitrogens with zero attached hydrogens (tertiary/aromatic N) is 2. The minimum atomic E-state index is -0.139. The molecule has 2 N–H and O–H groups in total. The first-order chi connectivity index (χ1) is 10.8. The van der Waals surface area contributed by atoms with Gasteiger partial charge in [0.1, 0.15) is 5.69 Å². The number of aliphatic hydroxyl groups is 1. The second-order valence-corrected chi connectivity index (χ2v) is 5.36. The van der Waals surface area contributed by atoms with Crippen LogP contribution in [0.25, 0.3) is 5.69 Å². The Bertz CT molecular complexity index is 575. The van der Waals surface area contributed by atoms with Crippen LogP contribution in [0.5, 0.6) is 0 Å². The Balaban J connectivity index is 2.03. The normalized spacial score (nSPS) is 12.1. The summed E-state index contributed by atoms with van der Waals surface area (Å²) in [6.07, 6.45) is 5.97. The van der Waals surface area contributed by atoms with Crippen molar-refractivity contribution in [3.63, 3.8) is 0 Å². The topological polar surface area (TPSA) is 67.2 Å². The van der Waals surface area contributed by atoms with Gasteiger partial charge >= 0.3 is 0 Å². The zero-order valence-electron chi connectivity index (χ0n) is 12.9. The fraction of sp³-hybridized carbons (Fsp3) is 0.412. The number of hydrogen-bond donors (Lipinski definition) is 2. The third-order valence-electron chi connectivity index (χ3n) is 3.69. The number of aromatic nitrogens is 2. The molecular formula is C17H23N3O2. The van der Waals surface area contributed by atoms with Crippen molar-refractivity contribution in [1.82, 2.24) is 14.9 Å². The number of carbonyl (C=O) groups excluding carboxylic acids is 1. The van der Waals surface area contributed by atoms with Crippen LogP contribution in [0.2, 0.25) is 0 Å². The lowest BCUT2D eigenvalue weighted by Gasteiger charge is -2.16. The van der Waals surface area contributed by atoms with Crippen molar-refractivity contribution in [2.75, 3.05) is 13.2 Å². The number of aliphatic hydroxyl groups excluding tert-OH is 1. The third kappa shape index (κ3) is 4.18. The first kappa shape index (κ1) is 16.2. The van der Waals surface area contributed by atoms with Gasteiger partial charge in [0.05, 0.1) is 12.5 Å². The number of carbonyl (C=O) groups is 1. The fourth-order valence-corrected chi connectivity index (χ4v) is 2.52. The van der Waals surface area contributed by atoms with Crippen LogP contribution in [0.1, 0.15) is 36.7 Å². The van der Waals surface area contributed by atoms with Crippen LogP contribution in [0.15, 0.2) is 42.9 Å². The standard InChI is InChI=1S/C17H23N3O2/c1-2-6-14(9-10-21)11-19-17(22)16-12-18-13-20(16)15-7-4-3-5-8-15/h3-5,7-8,12-14,21H,2,6,9-11H2,1H3,(H,19,22). The van der Waals surface area contributed by atoms with Crippen LogP contribution < -0.4 is 5.32 Å². The number of para-hydroxylation sites is 1. The molecule has 1 aromatic carbocycles. The summed E-state index contributed by atoms with van der Waals surface area (Å²) >= 11 is 0. The van der Waals surface area contributed by atoms with Crippen LogP contribution in [-0.2, 0) is 0 Å². The monoisotopic (exact) mass is 301 g/mol. The van der Waals surface area contributed by atoms with E-state index in [0.29, 0.717) is 24.6 Å². The van der Waals surface area contributed by atoms with Gasteiger partial charge in [-0.1, -0.05) is 31.5 Å². The molecule has 1 unspecified atom stereocenters. The van der Waals surface area contributed by atoms with Gasteiger partial charge in [0.25, 0.3) is 5.91 Å². The molecule has 0 saturated carbocycles. The largest absolute Gasteiger partial charge is 0.396 e. The van der Waals surface area contributed by atoms with Crippen molar-refractivity contribution in [3.05, 3.63) is 48.5 Å². The first-order valence-electron chi connectivity index (χ1n) is 7.73. The molecule has 1 atom stereocenters. The third-order valence-corrected chi connectivity index (χ3v) is 3.69. The van der Waals surface area contributed by atoms with E-state index in [4.69, 9.17) is 5.11 Å². The van der Waals surface area contributed by atoms with Crippen molar-refractivity contribution in [1.29, 1.82) is 0 Å². The number of rotatable bonds is 8. The van der Waals surface area contributed by atoms with Crippen molar-refractivity contribution in [2.45, 2.75) is 26.2 Å². The predicted octanol–water partition coefficient (Wildman–Crippen LogP) is 2.40. The summed E-state index contributed by atoms with van der Waals surface area (Å²) < 4.78 is 1.77. The van der Waals surface area contributed by atoms with Crippen molar-refractivity contribution in [2.24, 2.45) is 5.92 Å². The molecule has 1 heterocycles. The van der Waals surface area contributed by atoms with Gasteiger partial charge in [0.15, 0.2) is 0 Å². The number of amides is 1. The second kappa shape index (κ2) is 8.34. The van der Waals surface area contributed by atoms with Crippen molar-refractivity contribution >= 4 is 5.91 Å². The number of hydrogen-bond acceptors (Lipinski definition) is 3. The van der Waals surface area contributed by atoms with E-state index in [0.717, 1.165) is 18.5 Å². The van der Waals surface area contributed by atoms with E-state index in [1.54, 1.807) is 17.1 Å². The molecule has 118 valence electrons. The Kier molecular flexibility index (Phi) is 6.15. The molecule has 0 spiro atoms. The van der Waals surface area contributed by atoms with Gasteiger partial charge in [0.2, 0.25) is 0 Å². The molecule has 0 fully saturated rings. The minimum absolute atomic E-state index is 0.139.